The number of carbonyl (C=O) groups is 1. The summed E-state index contributed by atoms with van der Waals surface area (Å²) < 4.78 is 44.6. The predicted octanol–water partition coefficient (Wildman–Crippen LogP) is 4.00. The molecule has 2 rings (SSSR count). The minimum atomic E-state index is -4.28. The summed E-state index contributed by atoms with van der Waals surface area (Å²) in [6.45, 7) is 3.47. The van der Waals surface area contributed by atoms with Crippen LogP contribution in [0.15, 0.2) is 24.3 Å². The average Bonchev–Trinajstić information content (AvgIpc) is 2.49. The standard InChI is InChI=1S/C17H22F3NO2/c1-11-7-9-13(10-8-11)23-12(2)16(22)21-15-6-4-3-5-14(15)17(18,19)20/h7-10,12,14-15H,3-6H2,1-2H3,(H,21,22)/t12-,14-,15+/m1/s1. The number of nitrogens with one attached hydrogen (secondary N) is 1. The van der Waals surface area contributed by atoms with Crippen LogP contribution in [0.1, 0.15) is 38.2 Å². The number of hydrogen-bond donors (Lipinski definition) is 1. The molecule has 1 fully saturated rings. The predicted molar refractivity (Wildman–Crippen MR) is 81.2 cm³/mol. The Kier molecular flexibility index (Phi) is 5.55. The first-order chi connectivity index (χ1) is 10.8. The highest BCUT2D eigenvalue weighted by Crippen LogP contribution is 2.37. The van der Waals surface area contributed by atoms with Gasteiger partial charge in [-0.2, -0.15) is 13.2 Å². The highest BCUT2D eigenvalue weighted by atomic mass is 19.4. The first-order valence-corrected chi connectivity index (χ1v) is 7.88. The summed E-state index contributed by atoms with van der Waals surface area (Å²) in [5, 5.41) is 2.52. The zero-order chi connectivity index (χ0) is 17.0. The molecule has 0 heterocycles. The van der Waals surface area contributed by atoms with Gasteiger partial charge >= 0.3 is 6.18 Å². The summed E-state index contributed by atoms with van der Waals surface area (Å²) in [7, 11) is 0. The SMILES string of the molecule is Cc1ccc(O[C@H](C)C(=O)N[C@H]2CCCC[C@H]2C(F)(F)F)cc1. The van der Waals surface area contributed by atoms with Crippen molar-refractivity contribution in [2.24, 2.45) is 5.92 Å². The van der Waals surface area contributed by atoms with E-state index in [1.54, 1.807) is 19.1 Å². The van der Waals surface area contributed by atoms with E-state index in [0.29, 0.717) is 25.0 Å². The Morgan fingerprint density at radius 3 is 2.43 bits per heavy atom. The van der Waals surface area contributed by atoms with Crippen LogP contribution in [0.2, 0.25) is 0 Å². The molecule has 1 aromatic carbocycles. The summed E-state index contributed by atoms with van der Waals surface area (Å²) in [6, 6.07) is 6.30. The van der Waals surface area contributed by atoms with Gasteiger partial charge in [-0.15, -0.1) is 0 Å². The number of carbonyl (C=O) groups excluding carboxylic acids is 1. The Morgan fingerprint density at radius 2 is 1.83 bits per heavy atom. The molecule has 128 valence electrons. The van der Waals surface area contributed by atoms with E-state index in [-0.39, 0.29) is 6.42 Å². The molecule has 1 aromatic rings. The normalized spacial score (nSPS) is 23.2. The fraction of sp³-hybridized carbons (Fsp3) is 0.588. The topological polar surface area (TPSA) is 38.3 Å². The molecule has 1 aliphatic rings. The lowest BCUT2D eigenvalue weighted by atomic mass is 9.84. The van der Waals surface area contributed by atoms with Crippen LogP contribution in [-0.4, -0.2) is 24.2 Å². The maximum atomic E-state index is 13.0. The van der Waals surface area contributed by atoms with Crippen molar-refractivity contribution in [3.8, 4) is 5.75 Å². The van der Waals surface area contributed by atoms with Gasteiger partial charge in [-0.1, -0.05) is 30.5 Å². The van der Waals surface area contributed by atoms with Crippen molar-refractivity contribution in [2.45, 2.75) is 57.9 Å². The number of halogens is 3. The molecule has 0 radical (unpaired) electrons. The molecule has 0 unspecified atom stereocenters. The maximum Gasteiger partial charge on any atom is 0.393 e. The second-order valence-corrected chi connectivity index (χ2v) is 6.12. The fourth-order valence-corrected chi connectivity index (χ4v) is 2.87. The van der Waals surface area contributed by atoms with Crippen LogP contribution in [0, 0.1) is 12.8 Å². The highest BCUT2D eigenvalue weighted by molar-refractivity contribution is 5.81. The molecule has 1 amide bonds. The minimum Gasteiger partial charge on any atom is -0.481 e. The van der Waals surface area contributed by atoms with Gasteiger partial charge in [-0.05, 0) is 38.8 Å². The van der Waals surface area contributed by atoms with E-state index in [4.69, 9.17) is 4.74 Å². The van der Waals surface area contributed by atoms with Gasteiger partial charge in [0.25, 0.3) is 5.91 Å². The average molecular weight is 329 g/mol. The van der Waals surface area contributed by atoms with E-state index in [9.17, 15) is 18.0 Å². The van der Waals surface area contributed by atoms with Gasteiger partial charge in [0, 0.05) is 6.04 Å². The molecule has 3 atom stereocenters. The van der Waals surface area contributed by atoms with Crippen LogP contribution in [0.3, 0.4) is 0 Å². The van der Waals surface area contributed by atoms with Crippen LogP contribution >= 0.6 is 0 Å². The van der Waals surface area contributed by atoms with Gasteiger partial charge < -0.3 is 10.1 Å². The van der Waals surface area contributed by atoms with Crippen LogP contribution in [0.5, 0.6) is 5.75 Å². The molecule has 23 heavy (non-hydrogen) atoms. The Balaban J connectivity index is 1.95. The van der Waals surface area contributed by atoms with Gasteiger partial charge in [0.05, 0.1) is 5.92 Å². The van der Waals surface area contributed by atoms with Crippen molar-refractivity contribution in [1.82, 2.24) is 5.32 Å². The second-order valence-electron chi connectivity index (χ2n) is 6.12. The Morgan fingerprint density at radius 1 is 1.22 bits per heavy atom. The Hall–Kier alpha value is -1.72. The summed E-state index contributed by atoms with van der Waals surface area (Å²) in [5.74, 6) is -1.45. The van der Waals surface area contributed by atoms with Crippen LogP contribution < -0.4 is 10.1 Å². The molecule has 0 aliphatic heterocycles. The van der Waals surface area contributed by atoms with E-state index >= 15 is 0 Å². The third kappa shape index (κ3) is 4.88. The van der Waals surface area contributed by atoms with Crippen molar-refractivity contribution in [2.75, 3.05) is 0 Å². The Labute approximate surface area is 134 Å². The van der Waals surface area contributed by atoms with Gasteiger partial charge in [-0.25, -0.2) is 0 Å². The summed E-state index contributed by atoms with van der Waals surface area (Å²) in [6.07, 6.45) is -3.45. The fourth-order valence-electron chi connectivity index (χ4n) is 2.87. The monoisotopic (exact) mass is 329 g/mol. The number of amides is 1. The number of hydrogen-bond acceptors (Lipinski definition) is 2. The second kappa shape index (κ2) is 7.23. The van der Waals surface area contributed by atoms with Crippen LogP contribution in [0.4, 0.5) is 13.2 Å². The maximum absolute atomic E-state index is 13.0. The van der Waals surface area contributed by atoms with Crippen LogP contribution in [-0.2, 0) is 4.79 Å². The molecule has 3 nitrogen and oxygen atoms in total. The molecule has 1 N–H and O–H groups in total. The van der Waals surface area contributed by atoms with Crippen molar-refractivity contribution < 1.29 is 22.7 Å². The molecule has 6 heteroatoms. The van der Waals surface area contributed by atoms with Gasteiger partial charge in [-0.3, -0.25) is 4.79 Å². The smallest absolute Gasteiger partial charge is 0.393 e. The van der Waals surface area contributed by atoms with E-state index in [0.717, 1.165) is 5.56 Å². The van der Waals surface area contributed by atoms with E-state index in [1.165, 1.54) is 0 Å². The molecule has 1 aliphatic carbocycles. The number of benzene rings is 1. The quantitative estimate of drug-likeness (QED) is 0.907. The molecular formula is C17H22F3NO2. The number of ether oxygens (including phenoxy) is 1. The van der Waals surface area contributed by atoms with Crippen molar-refractivity contribution in [3.05, 3.63) is 29.8 Å². The van der Waals surface area contributed by atoms with E-state index < -0.39 is 30.1 Å². The first-order valence-electron chi connectivity index (χ1n) is 7.88. The highest BCUT2D eigenvalue weighted by Gasteiger charge is 2.46. The lowest BCUT2D eigenvalue weighted by molar-refractivity contribution is -0.189. The molecule has 0 aromatic heterocycles. The summed E-state index contributed by atoms with van der Waals surface area (Å²) >= 11 is 0. The molecule has 1 saturated carbocycles. The van der Waals surface area contributed by atoms with Crippen LogP contribution in [0.25, 0.3) is 0 Å². The largest absolute Gasteiger partial charge is 0.481 e. The first kappa shape index (κ1) is 17.6. The third-order valence-corrected chi connectivity index (χ3v) is 4.22. The third-order valence-electron chi connectivity index (χ3n) is 4.22. The molecular weight excluding hydrogens is 307 g/mol. The van der Waals surface area contributed by atoms with Crippen molar-refractivity contribution >= 4 is 5.91 Å². The molecule has 0 spiro atoms. The van der Waals surface area contributed by atoms with E-state index in [1.807, 2.05) is 19.1 Å². The number of rotatable bonds is 4. The summed E-state index contributed by atoms with van der Waals surface area (Å²) in [4.78, 5) is 12.2. The van der Waals surface area contributed by atoms with Crippen molar-refractivity contribution in [1.29, 1.82) is 0 Å². The summed E-state index contributed by atoms with van der Waals surface area (Å²) in [5.41, 5.74) is 1.06. The van der Waals surface area contributed by atoms with Gasteiger partial charge in [0.15, 0.2) is 6.10 Å². The van der Waals surface area contributed by atoms with Gasteiger partial charge in [0.2, 0.25) is 0 Å². The van der Waals surface area contributed by atoms with Gasteiger partial charge in [0.1, 0.15) is 5.75 Å². The molecule has 0 bridgehead atoms. The zero-order valence-corrected chi connectivity index (χ0v) is 13.3. The minimum absolute atomic E-state index is 0.0711. The lowest BCUT2D eigenvalue weighted by Gasteiger charge is -2.34. The van der Waals surface area contributed by atoms with E-state index in [2.05, 4.69) is 5.32 Å². The number of alkyl halides is 3. The molecule has 0 saturated heterocycles. The lowest BCUT2D eigenvalue weighted by Crippen LogP contribution is -2.50. The Bertz CT molecular complexity index is 528. The number of aryl methyl sites for hydroxylation is 1. The zero-order valence-electron chi connectivity index (χ0n) is 13.3. The van der Waals surface area contributed by atoms with Crippen molar-refractivity contribution in [3.63, 3.8) is 0 Å².